The molecule has 1 aromatic heterocycles. The molecular weight excluding hydrogens is 258 g/mol. The topological polar surface area (TPSA) is 91.0 Å². The van der Waals surface area contributed by atoms with Crippen LogP contribution in [0.3, 0.4) is 0 Å². The van der Waals surface area contributed by atoms with Crippen molar-refractivity contribution >= 4 is 17.6 Å². The summed E-state index contributed by atoms with van der Waals surface area (Å²) >= 11 is 0. The first-order valence-electron chi connectivity index (χ1n) is 6.57. The van der Waals surface area contributed by atoms with Crippen molar-refractivity contribution in [3.05, 3.63) is 12.3 Å². The Morgan fingerprint density at radius 3 is 3.10 bits per heavy atom. The van der Waals surface area contributed by atoms with Crippen LogP contribution in [0.2, 0.25) is 0 Å². The quantitative estimate of drug-likeness (QED) is 0.874. The first-order chi connectivity index (χ1) is 9.60. The lowest BCUT2D eigenvalue weighted by atomic mass is 9.97. The molecule has 1 fully saturated rings. The third-order valence-corrected chi connectivity index (χ3v) is 3.36. The Hall–Kier alpha value is -2.36. The Kier molecular flexibility index (Phi) is 4.35. The van der Waals surface area contributed by atoms with Crippen LogP contribution in [0.25, 0.3) is 0 Å². The van der Waals surface area contributed by atoms with Crippen molar-refractivity contribution in [2.75, 3.05) is 18.4 Å². The fourth-order valence-electron chi connectivity index (χ4n) is 2.29. The highest BCUT2D eigenvalue weighted by molar-refractivity contribution is 5.92. The molecule has 1 N–H and O–H groups in total. The molecule has 1 aromatic rings. The number of nitrogens with zero attached hydrogens (tertiary/aromatic N) is 4. The molecule has 0 radical (unpaired) electrons. The summed E-state index contributed by atoms with van der Waals surface area (Å²) in [5.74, 6) is 0.109. The molecule has 1 aliphatic heterocycles. The van der Waals surface area contributed by atoms with Crippen LogP contribution in [-0.4, -0.2) is 39.6 Å². The number of anilines is 1. The van der Waals surface area contributed by atoms with Gasteiger partial charge in [0.25, 0.3) is 0 Å². The number of amides is 2. The SMILES string of the molecule is CC(=O)N1CCCC(C(=O)Nc2ccn(CC#N)n2)C1. The zero-order valence-corrected chi connectivity index (χ0v) is 11.4. The van der Waals surface area contributed by atoms with E-state index >= 15 is 0 Å². The monoisotopic (exact) mass is 275 g/mol. The van der Waals surface area contributed by atoms with Gasteiger partial charge in [0.2, 0.25) is 11.8 Å². The molecule has 1 atom stereocenters. The molecule has 1 unspecified atom stereocenters. The van der Waals surface area contributed by atoms with Crippen molar-refractivity contribution in [3.63, 3.8) is 0 Å². The second-order valence-corrected chi connectivity index (χ2v) is 4.85. The van der Waals surface area contributed by atoms with E-state index in [1.165, 1.54) is 11.6 Å². The number of carbonyl (C=O) groups excluding carboxylic acids is 2. The van der Waals surface area contributed by atoms with Crippen molar-refractivity contribution in [1.29, 1.82) is 5.26 Å². The van der Waals surface area contributed by atoms with Gasteiger partial charge in [0, 0.05) is 32.3 Å². The number of rotatable bonds is 3. The third kappa shape index (κ3) is 3.35. The predicted molar refractivity (Wildman–Crippen MR) is 71.4 cm³/mol. The minimum Gasteiger partial charge on any atom is -0.342 e. The Morgan fingerprint density at radius 1 is 1.60 bits per heavy atom. The van der Waals surface area contributed by atoms with Crippen molar-refractivity contribution in [2.24, 2.45) is 5.92 Å². The number of hydrogen-bond acceptors (Lipinski definition) is 4. The molecule has 20 heavy (non-hydrogen) atoms. The van der Waals surface area contributed by atoms with E-state index in [1.54, 1.807) is 17.2 Å². The molecular formula is C13H17N5O2. The second kappa shape index (κ2) is 6.19. The van der Waals surface area contributed by atoms with Gasteiger partial charge in [0.05, 0.1) is 12.0 Å². The number of carbonyl (C=O) groups is 2. The number of aromatic nitrogens is 2. The minimum atomic E-state index is -0.200. The Balaban J connectivity index is 1.93. The van der Waals surface area contributed by atoms with Crippen LogP contribution in [0.1, 0.15) is 19.8 Å². The second-order valence-electron chi connectivity index (χ2n) is 4.85. The zero-order chi connectivity index (χ0) is 14.5. The molecule has 1 aliphatic rings. The Morgan fingerprint density at radius 2 is 2.40 bits per heavy atom. The number of nitriles is 1. The number of nitrogens with one attached hydrogen (secondary N) is 1. The molecule has 0 bridgehead atoms. The number of likely N-dealkylation sites (tertiary alicyclic amines) is 1. The van der Waals surface area contributed by atoms with E-state index in [-0.39, 0.29) is 24.3 Å². The average Bonchev–Trinajstić information content (AvgIpc) is 2.86. The Labute approximate surface area is 117 Å². The van der Waals surface area contributed by atoms with Gasteiger partial charge in [0.1, 0.15) is 6.54 Å². The van der Waals surface area contributed by atoms with E-state index in [4.69, 9.17) is 5.26 Å². The summed E-state index contributed by atoms with van der Waals surface area (Å²) < 4.78 is 1.46. The molecule has 7 nitrogen and oxygen atoms in total. The maximum atomic E-state index is 12.1. The van der Waals surface area contributed by atoms with Gasteiger partial charge in [-0.25, -0.2) is 0 Å². The summed E-state index contributed by atoms with van der Waals surface area (Å²) in [5, 5.41) is 15.4. The highest BCUT2D eigenvalue weighted by atomic mass is 16.2. The zero-order valence-electron chi connectivity index (χ0n) is 11.4. The lowest BCUT2D eigenvalue weighted by molar-refractivity contribution is -0.132. The van der Waals surface area contributed by atoms with Crippen LogP contribution in [0.5, 0.6) is 0 Å². The molecule has 106 valence electrons. The van der Waals surface area contributed by atoms with E-state index in [9.17, 15) is 9.59 Å². The van der Waals surface area contributed by atoms with E-state index < -0.39 is 0 Å². The Bertz CT molecular complexity index is 545. The number of hydrogen-bond donors (Lipinski definition) is 1. The van der Waals surface area contributed by atoms with E-state index in [1.807, 2.05) is 6.07 Å². The van der Waals surface area contributed by atoms with E-state index in [0.717, 1.165) is 19.4 Å². The minimum absolute atomic E-state index is 0.000739. The van der Waals surface area contributed by atoms with E-state index in [0.29, 0.717) is 12.4 Å². The summed E-state index contributed by atoms with van der Waals surface area (Å²) in [6, 6.07) is 3.63. The highest BCUT2D eigenvalue weighted by Gasteiger charge is 2.27. The van der Waals surface area contributed by atoms with Crippen LogP contribution < -0.4 is 5.32 Å². The largest absolute Gasteiger partial charge is 0.342 e. The van der Waals surface area contributed by atoms with Gasteiger partial charge in [-0.15, -0.1) is 0 Å². The first-order valence-corrected chi connectivity index (χ1v) is 6.57. The maximum Gasteiger partial charge on any atom is 0.230 e. The van der Waals surface area contributed by atoms with Gasteiger partial charge in [-0.1, -0.05) is 0 Å². The van der Waals surface area contributed by atoms with Gasteiger partial charge in [-0.05, 0) is 12.8 Å². The van der Waals surface area contributed by atoms with Gasteiger partial charge in [-0.2, -0.15) is 10.4 Å². The predicted octanol–water partition coefficient (Wildman–Crippen LogP) is 0.604. The summed E-state index contributed by atoms with van der Waals surface area (Å²) in [6.45, 7) is 2.84. The normalized spacial score (nSPS) is 18.4. The van der Waals surface area contributed by atoms with Crippen molar-refractivity contribution in [2.45, 2.75) is 26.3 Å². The van der Waals surface area contributed by atoms with Gasteiger partial charge < -0.3 is 10.2 Å². The summed E-state index contributed by atoms with van der Waals surface area (Å²) in [4.78, 5) is 25.2. The molecule has 0 aromatic carbocycles. The van der Waals surface area contributed by atoms with Crippen molar-refractivity contribution < 1.29 is 9.59 Å². The van der Waals surface area contributed by atoms with Crippen LogP contribution in [0.4, 0.5) is 5.82 Å². The van der Waals surface area contributed by atoms with Crippen molar-refractivity contribution in [3.8, 4) is 6.07 Å². The summed E-state index contributed by atoms with van der Waals surface area (Å²) in [6.07, 6.45) is 3.25. The molecule has 2 rings (SSSR count). The third-order valence-electron chi connectivity index (χ3n) is 3.36. The molecule has 0 spiro atoms. The molecule has 7 heteroatoms. The molecule has 0 aliphatic carbocycles. The molecule has 0 saturated carbocycles. The van der Waals surface area contributed by atoms with Crippen LogP contribution in [0, 0.1) is 17.2 Å². The lowest BCUT2D eigenvalue weighted by Crippen LogP contribution is -2.42. The lowest BCUT2D eigenvalue weighted by Gasteiger charge is -2.31. The summed E-state index contributed by atoms with van der Waals surface area (Å²) in [7, 11) is 0. The fourth-order valence-corrected chi connectivity index (χ4v) is 2.29. The smallest absolute Gasteiger partial charge is 0.230 e. The van der Waals surface area contributed by atoms with Crippen LogP contribution in [0.15, 0.2) is 12.3 Å². The summed E-state index contributed by atoms with van der Waals surface area (Å²) in [5.41, 5.74) is 0. The number of piperidine rings is 1. The molecule has 2 heterocycles. The van der Waals surface area contributed by atoms with Crippen LogP contribution >= 0.6 is 0 Å². The molecule has 2 amide bonds. The highest BCUT2D eigenvalue weighted by Crippen LogP contribution is 2.18. The van der Waals surface area contributed by atoms with E-state index in [2.05, 4.69) is 10.4 Å². The van der Waals surface area contributed by atoms with Crippen LogP contribution in [-0.2, 0) is 16.1 Å². The maximum absolute atomic E-state index is 12.1. The van der Waals surface area contributed by atoms with Gasteiger partial charge >= 0.3 is 0 Å². The standard InChI is InChI=1S/C13H17N5O2/c1-10(19)17-6-2-3-11(9-17)13(20)15-12-4-7-18(16-12)8-5-14/h4,7,11H,2-3,6,8-9H2,1H3,(H,15,16,20). The first kappa shape index (κ1) is 14.1. The fraction of sp³-hybridized carbons (Fsp3) is 0.538. The van der Waals surface area contributed by atoms with Gasteiger partial charge in [0.15, 0.2) is 5.82 Å². The molecule has 1 saturated heterocycles. The van der Waals surface area contributed by atoms with Crippen molar-refractivity contribution in [1.82, 2.24) is 14.7 Å². The average molecular weight is 275 g/mol. The van der Waals surface area contributed by atoms with Gasteiger partial charge in [-0.3, -0.25) is 14.3 Å².